The molecule has 104 valence electrons. The van der Waals surface area contributed by atoms with Gasteiger partial charge in [0.15, 0.2) is 0 Å². The number of carbonyl (C=O) groups excluding carboxylic acids is 2. The van der Waals surface area contributed by atoms with E-state index >= 15 is 0 Å². The van der Waals surface area contributed by atoms with Crippen molar-refractivity contribution in [2.24, 2.45) is 5.92 Å². The molecule has 0 saturated carbocycles. The molecule has 0 bridgehead atoms. The lowest BCUT2D eigenvalue weighted by Crippen LogP contribution is -2.30. The van der Waals surface area contributed by atoms with E-state index in [1.807, 2.05) is 0 Å². The van der Waals surface area contributed by atoms with Crippen molar-refractivity contribution in [2.75, 3.05) is 11.5 Å². The second-order valence-electron chi connectivity index (χ2n) is 4.61. The van der Waals surface area contributed by atoms with Crippen LogP contribution in [0.2, 0.25) is 0 Å². The van der Waals surface area contributed by atoms with Crippen LogP contribution in [0.15, 0.2) is 18.2 Å². The molecule has 0 aromatic heterocycles. The van der Waals surface area contributed by atoms with E-state index in [1.165, 1.54) is 18.2 Å². The highest BCUT2D eigenvalue weighted by Gasteiger charge is 2.37. The highest BCUT2D eigenvalue weighted by molar-refractivity contribution is 6.21. The third-order valence-corrected chi connectivity index (χ3v) is 3.03. The Morgan fingerprint density at radius 1 is 1.45 bits per heavy atom. The number of benzene rings is 1. The van der Waals surface area contributed by atoms with Crippen LogP contribution in [0.3, 0.4) is 0 Å². The fraction of sp³-hybridized carbons (Fsp3) is 0.333. The number of amides is 2. The van der Waals surface area contributed by atoms with Gasteiger partial charge in [0.25, 0.3) is 0 Å². The standard InChI is InChI=1S/C15H14FNO3/c1-10-8-14(19)17(15(10)20)13-6-5-12(16)9-11(13)4-2-3-7-18/h5-6,9-10,18H,3,7-8H2,1H3. The Labute approximate surface area is 116 Å². The van der Waals surface area contributed by atoms with Crippen molar-refractivity contribution in [3.05, 3.63) is 29.6 Å². The number of carbonyl (C=O) groups is 2. The smallest absolute Gasteiger partial charge is 0.237 e. The summed E-state index contributed by atoms with van der Waals surface area (Å²) in [6.07, 6.45) is 0.397. The lowest BCUT2D eigenvalue weighted by Gasteiger charge is -2.16. The average Bonchev–Trinajstić information content (AvgIpc) is 2.65. The summed E-state index contributed by atoms with van der Waals surface area (Å²) >= 11 is 0. The molecular formula is C15H14FNO3. The van der Waals surface area contributed by atoms with Crippen LogP contribution in [-0.2, 0) is 9.59 Å². The molecule has 0 radical (unpaired) electrons. The van der Waals surface area contributed by atoms with E-state index in [-0.39, 0.29) is 42.7 Å². The van der Waals surface area contributed by atoms with Gasteiger partial charge in [-0.25, -0.2) is 9.29 Å². The Kier molecular flexibility index (Phi) is 4.16. The van der Waals surface area contributed by atoms with Crippen molar-refractivity contribution in [1.29, 1.82) is 0 Å². The van der Waals surface area contributed by atoms with E-state index in [0.29, 0.717) is 5.69 Å². The van der Waals surface area contributed by atoms with Gasteiger partial charge in [-0.2, -0.15) is 0 Å². The molecule has 1 heterocycles. The Hall–Kier alpha value is -2.19. The number of halogens is 1. The topological polar surface area (TPSA) is 57.6 Å². The normalized spacial score (nSPS) is 18.1. The van der Waals surface area contributed by atoms with E-state index in [4.69, 9.17) is 5.11 Å². The predicted octanol–water partition coefficient (Wildman–Crippen LogP) is 1.46. The summed E-state index contributed by atoms with van der Waals surface area (Å²) < 4.78 is 13.3. The monoisotopic (exact) mass is 275 g/mol. The first kappa shape index (κ1) is 14.2. The van der Waals surface area contributed by atoms with Gasteiger partial charge >= 0.3 is 0 Å². The largest absolute Gasteiger partial charge is 0.395 e. The number of hydrogen-bond acceptors (Lipinski definition) is 3. The summed E-state index contributed by atoms with van der Waals surface area (Å²) in [7, 11) is 0. The quantitative estimate of drug-likeness (QED) is 0.656. The first-order chi connectivity index (χ1) is 9.54. The van der Waals surface area contributed by atoms with Gasteiger partial charge in [0.1, 0.15) is 5.82 Å². The van der Waals surface area contributed by atoms with Gasteiger partial charge in [-0.05, 0) is 18.2 Å². The first-order valence-electron chi connectivity index (χ1n) is 6.30. The van der Waals surface area contributed by atoms with Crippen LogP contribution in [0.5, 0.6) is 0 Å². The highest BCUT2D eigenvalue weighted by atomic mass is 19.1. The molecule has 0 aliphatic carbocycles. The van der Waals surface area contributed by atoms with Gasteiger partial charge < -0.3 is 5.11 Å². The Morgan fingerprint density at radius 2 is 2.20 bits per heavy atom. The van der Waals surface area contributed by atoms with Gasteiger partial charge in [0.05, 0.1) is 17.9 Å². The van der Waals surface area contributed by atoms with Crippen LogP contribution in [0.4, 0.5) is 10.1 Å². The first-order valence-corrected chi connectivity index (χ1v) is 6.30. The molecule has 1 aliphatic rings. The zero-order chi connectivity index (χ0) is 14.7. The van der Waals surface area contributed by atoms with Crippen LogP contribution in [-0.4, -0.2) is 23.5 Å². The summed E-state index contributed by atoms with van der Waals surface area (Å²) in [4.78, 5) is 25.0. The molecule has 4 nitrogen and oxygen atoms in total. The molecule has 1 unspecified atom stereocenters. The molecule has 1 aromatic rings. The minimum absolute atomic E-state index is 0.101. The van der Waals surface area contributed by atoms with Crippen LogP contribution >= 0.6 is 0 Å². The molecule has 5 heteroatoms. The maximum Gasteiger partial charge on any atom is 0.237 e. The minimum Gasteiger partial charge on any atom is -0.395 e. The van der Waals surface area contributed by atoms with E-state index in [2.05, 4.69) is 11.8 Å². The molecule has 1 aromatic carbocycles. The third kappa shape index (κ3) is 2.70. The Balaban J connectivity index is 2.44. The molecule has 1 aliphatic heterocycles. The van der Waals surface area contributed by atoms with Crippen molar-refractivity contribution in [1.82, 2.24) is 0 Å². The van der Waals surface area contributed by atoms with Crippen molar-refractivity contribution >= 4 is 17.5 Å². The number of anilines is 1. The number of aliphatic hydroxyl groups excluding tert-OH is 1. The zero-order valence-electron chi connectivity index (χ0n) is 11.0. The predicted molar refractivity (Wildman–Crippen MR) is 71.3 cm³/mol. The fourth-order valence-corrected chi connectivity index (χ4v) is 2.05. The fourth-order valence-electron chi connectivity index (χ4n) is 2.05. The van der Waals surface area contributed by atoms with E-state index in [0.717, 1.165) is 4.90 Å². The Morgan fingerprint density at radius 3 is 2.80 bits per heavy atom. The number of aliphatic hydroxyl groups is 1. The summed E-state index contributed by atoms with van der Waals surface area (Å²) in [5.74, 6) is 3.89. The maximum absolute atomic E-state index is 13.3. The van der Waals surface area contributed by atoms with Gasteiger partial charge in [-0.3, -0.25) is 9.59 Å². The zero-order valence-corrected chi connectivity index (χ0v) is 11.0. The van der Waals surface area contributed by atoms with Crippen molar-refractivity contribution in [3.63, 3.8) is 0 Å². The number of nitrogens with zero attached hydrogens (tertiary/aromatic N) is 1. The van der Waals surface area contributed by atoms with Crippen LogP contribution in [0, 0.1) is 23.6 Å². The molecule has 1 N–H and O–H groups in total. The lowest BCUT2D eigenvalue weighted by atomic mass is 10.1. The molecule has 1 saturated heterocycles. The third-order valence-electron chi connectivity index (χ3n) is 3.03. The Bertz CT molecular complexity index is 615. The maximum atomic E-state index is 13.3. The van der Waals surface area contributed by atoms with Crippen LogP contribution in [0.25, 0.3) is 0 Å². The summed E-state index contributed by atoms with van der Waals surface area (Å²) in [5.41, 5.74) is 0.574. The van der Waals surface area contributed by atoms with Gasteiger partial charge in [0.2, 0.25) is 11.8 Å². The SMILES string of the molecule is CC1CC(=O)N(c2ccc(F)cc2C#CCCO)C1=O. The van der Waals surface area contributed by atoms with Crippen LogP contribution < -0.4 is 4.90 Å². The molecule has 2 amide bonds. The average molecular weight is 275 g/mol. The molecule has 2 rings (SSSR count). The molecule has 1 atom stereocenters. The van der Waals surface area contributed by atoms with Crippen molar-refractivity contribution in [2.45, 2.75) is 19.8 Å². The molecular weight excluding hydrogens is 261 g/mol. The van der Waals surface area contributed by atoms with Gasteiger partial charge in [0, 0.05) is 18.8 Å². The molecule has 1 fully saturated rings. The second-order valence-corrected chi connectivity index (χ2v) is 4.61. The number of hydrogen-bond donors (Lipinski definition) is 1. The van der Waals surface area contributed by atoms with Crippen molar-refractivity contribution < 1.29 is 19.1 Å². The van der Waals surface area contributed by atoms with Crippen molar-refractivity contribution in [3.8, 4) is 11.8 Å². The minimum atomic E-state index is -0.491. The second kappa shape index (κ2) is 5.85. The van der Waals surface area contributed by atoms with E-state index in [1.54, 1.807) is 6.92 Å². The summed E-state index contributed by atoms with van der Waals surface area (Å²) in [6.45, 7) is 1.58. The highest BCUT2D eigenvalue weighted by Crippen LogP contribution is 2.29. The number of imide groups is 1. The van der Waals surface area contributed by atoms with E-state index in [9.17, 15) is 14.0 Å². The molecule has 0 spiro atoms. The van der Waals surface area contributed by atoms with Crippen LogP contribution in [0.1, 0.15) is 25.3 Å². The number of rotatable bonds is 2. The molecule has 20 heavy (non-hydrogen) atoms. The summed E-state index contributed by atoms with van der Waals surface area (Å²) in [6, 6.07) is 3.76. The summed E-state index contributed by atoms with van der Waals surface area (Å²) in [5, 5.41) is 8.70. The van der Waals surface area contributed by atoms with Gasteiger partial charge in [-0.15, -0.1) is 0 Å². The van der Waals surface area contributed by atoms with Gasteiger partial charge in [-0.1, -0.05) is 18.8 Å². The van der Waals surface area contributed by atoms with E-state index < -0.39 is 5.82 Å². The lowest BCUT2D eigenvalue weighted by molar-refractivity contribution is -0.122.